The number of carbonyl (C=O) groups is 1. The maximum atomic E-state index is 12.3. The number of ether oxygens (including phenoxy) is 2. The fourth-order valence-electron chi connectivity index (χ4n) is 3.11. The highest BCUT2D eigenvalue weighted by atomic mass is 35.5. The van der Waals surface area contributed by atoms with Crippen LogP contribution < -0.4 is 14.8 Å². The van der Waals surface area contributed by atoms with E-state index in [9.17, 15) is 4.79 Å². The van der Waals surface area contributed by atoms with Gasteiger partial charge >= 0.3 is 0 Å². The first kappa shape index (κ1) is 17.7. The second-order valence-electron chi connectivity index (χ2n) is 6.40. The Labute approximate surface area is 152 Å². The van der Waals surface area contributed by atoms with Crippen molar-refractivity contribution in [3.05, 3.63) is 22.7 Å². The molecule has 1 saturated carbocycles. The minimum absolute atomic E-state index is 0.0843. The number of hydrogen-bond donors (Lipinski definition) is 1. The Balaban J connectivity index is 1.53. The Bertz CT molecular complexity index is 590. The molecule has 3 rings (SSSR count). The van der Waals surface area contributed by atoms with Crippen LogP contribution in [0.1, 0.15) is 44.6 Å². The van der Waals surface area contributed by atoms with Crippen molar-refractivity contribution < 1.29 is 14.3 Å². The van der Waals surface area contributed by atoms with Gasteiger partial charge in [0, 0.05) is 11.8 Å². The zero-order valence-electron chi connectivity index (χ0n) is 14.0. The average molecular weight is 370 g/mol. The Hall–Kier alpha value is -1.07. The smallest absolute Gasteiger partial charge is 0.233 e. The number of carbonyl (C=O) groups excluding carboxylic acids is 1. The highest BCUT2D eigenvalue weighted by Crippen LogP contribution is 2.39. The van der Waals surface area contributed by atoms with E-state index in [4.69, 9.17) is 21.1 Å². The fraction of sp³-hybridized carbons (Fsp3) is 0.611. The summed E-state index contributed by atoms with van der Waals surface area (Å²) in [5.41, 5.74) is 1.05. The van der Waals surface area contributed by atoms with Gasteiger partial charge in [-0.15, -0.1) is 11.8 Å². The van der Waals surface area contributed by atoms with Crippen LogP contribution in [0.4, 0.5) is 0 Å². The lowest BCUT2D eigenvalue weighted by molar-refractivity contribution is -0.121. The van der Waals surface area contributed by atoms with E-state index < -0.39 is 0 Å². The minimum Gasteiger partial charge on any atom is -0.486 e. The summed E-state index contributed by atoms with van der Waals surface area (Å²) >= 11 is 7.88. The van der Waals surface area contributed by atoms with Crippen molar-refractivity contribution in [2.24, 2.45) is 0 Å². The van der Waals surface area contributed by atoms with E-state index in [1.165, 1.54) is 19.3 Å². The monoisotopic (exact) mass is 369 g/mol. The molecule has 4 nitrogen and oxygen atoms in total. The van der Waals surface area contributed by atoms with Gasteiger partial charge < -0.3 is 14.8 Å². The van der Waals surface area contributed by atoms with Gasteiger partial charge in [-0.25, -0.2) is 0 Å². The number of nitrogens with one attached hydrogen (secondary N) is 1. The predicted molar refractivity (Wildman–Crippen MR) is 98.2 cm³/mol. The molecule has 0 spiro atoms. The molecule has 132 valence electrons. The van der Waals surface area contributed by atoms with Gasteiger partial charge in [-0.1, -0.05) is 30.9 Å². The third-order valence-corrected chi connectivity index (χ3v) is 5.97. The second-order valence-corrected chi connectivity index (χ2v) is 8.13. The lowest BCUT2D eigenvalue weighted by Crippen LogP contribution is -2.40. The molecule has 1 unspecified atom stereocenters. The molecule has 1 heterocycles. The van der Waals surface area contributed by atoms with Gasteiger partial charge in [0.2, 0.25) is 5.91 Å². The van der Waals surface area contributed by atoms with Crippen LogP contribution in [0.25, 0.3) is 0 Å². The lowest BCUT2D eigenvalue weighted by atomic mass is 9.95. The molecule has 1 aromatic carbocycles. The van der Waals surface area contributed by atoms with Crippen LogP contribution >= 0.6 is 23.4 Å². The molecule has 2 aliphatic rings. The molecule has 1 fully saturated rings. The molecule has 1 N–H and O–H groups in total. The van der Waals surface area contributed by atoms with Gasteiger partial charge in [0.1, 0.15) is 13.2 Å². The predicted octanol–water partition coefficient (Wildman–Crippen LogP) is 4.18. The van der Waals surface area contributed by atoms with Crippen molar-refractivity contribution in [3.8, 4) is 11.5 Å². The topological polar surface area (TPSA) is 47.6 Å². The van der Waals surface area contributed by atoms with E-state index in [2.05, 4.69) is 5.32 Å². The van der Waals surface area contributed by atoms with Crippen LogP contribution in [0.5, 0.6) is 11.5 Å². The Morgan fingerprint density at radius 2 is 2.04 bits per heavy atom. The number of thioether (sulfide) groups is 1. The summed E-state index contributed by atoms with van der Waals surface area (Å²) < 4.78 is 11.1. The van der Waals surface area contributed by atoms with Crippen molar-refractivity contribution in [2.45, 2.75) is 56.1 Å². The third-order valence-electron chi connectivity index (χ3n) is 4.48. The van der Waals surface area contributed by atoms with Crippen LogP contribution in [-0.2, 0) is 10.5 Å². The van der Waals surface area contributed by atoms with Crippen molar-refractivity contribution in [1.82, 2.24) is 5.32 Å². The summed E-state index contributed by atoms with van der Waals surface area (Å²) in [5, 5.41) is 3.67. The Kier molecular flexibility index (Phi) is 6.17. The molecule has 1 aliphatic carbocycles. The maximum Gasteiger partial charge on any atom is 0.233 e. The van der Waals surface area contributed by atoms with Crippen LogP contribution in [0.3, 0.4) is 0 Å². The van der Waals surface area contributed by atoms with Crippen molar-refractivity contribution >= 4 is 29.3 Å². The Morgan fingerprint density at radius 1 is 1.29 bits per heavy atom. The normalized spacial score (nSPS) is 18.9. The average Bonchev–Trinajstić information content (AvgIpc) is 2.60. The molecule has 0 radical (unpaired) electrons. The molecule has 0 bridgehead atoms. The largest absolute Gasteiger partial charge is 0.486 e. The molecule has 1 aromatic rings. The van der Waals surface area contributed by atoms with Gasteiger partial charge in [-0.3, -0.25) is 4.79 Å². The number of fused-ring (bicyclic) bond motifs is 1. The summed E-state index contributed by atoms with van der Waals surface area (Å²) in [6.07, 6.45) is 5.97. The molecule has 1 aliphatic heterocycles. The molecule has 0 aromatic heterocycles. The minimum atomic E-state index is -0.0843. The molecular formula is C18H24ClNO3S. The van der Waals surface area contributed by atoms with Gasteiger partial charge in [0.05, 0.1) is 10.3 Å². The number of hydrogen-bond acceptors (Lipinski definition) is 4. The first-order valence-electron chi connectivity index (χ1n) is 8.63. The van der Waals surface area contributed by atoms with Gasteiger partial charge in [-0.2, -0.15) is 0 Å². The summed E-state index contributed by atoms with van der Waals surface area (Å²) in [5.74, 6) is 2.18. The molecule has 1 amide bonds. The van der Waals surface area contributed by atoms with Gasteiger partial charge in [0.15, 0.2) is 11.5 Å². The van der Waals surface area contributed by atoms with E-state index in [0.29, 0.717) is 35.8 Å². The molecular weight excluding hydrogens is 346 g/mol. The summed E-state index contributed by atoms with van der Waals surface area (Å²) in [6, 6.07) is 4.21. The van der Waals surface area contributed by atoms with Gasteiger partial charge in [-0.05, 0) is 37.5 Å². The van der Waals surface area contributed by atoms with Crippen LogP contribution in [0.2, 0.25) is 5.02 Å². The molecule has 1 atom stereocenters. The lowest BCUT2D eigenvalue weighted by Gasteiger charge is -2.24. The van der Waals surface area contributed by atoms with Crippen molar-refractivity contribution in [2.75, 3.05) is 13.2 Å². The fourth-order valence-corrected chi connectivity index (χ4v) is 4.23. The maximum absolute atomic E-state index is 12.3. The molecule has 24 heavy (non-hydrogen) atoms. The van der Waals surface area contributed by atoms with Crippen LogP contribution in [0, 0.1) is 0 Å². The zero-order chi connectivity index (χ0) is 16.9. The summed E-state index contributed by atoms with van der Waals surface area (Å²) in [7, 11) is 0. The number of benzene rings is 1. The van der Waals surface area contributed by atoms with E-state index in [1.54, 1.807) is 11.8 Å². The van der Waals surface area contributed by atoms with Crippen molar-refractivity contribution in [3.63, 3.8) is 0 Å². The quantitative estimate of drug-likeness (QED) is 0.845. The number of halogens is 1. The number of rotatable bonds is 5. The zero-order valence-corrected chi connectivity index (χ0v) is 15.5. The van der Waals surface area contributed by atoms with Crippen molar-refractivity contribution in [1.29, 1.82) is 0 Å². The van der Waals surface area contributed by atoms with Crippen LogP contribution in [-0.4, -0.2) is 30.4 Å². The van der Waals surface area contributed by atoms with E-state index >= 15 is 0 Å². The SMILES string of the molecule is CC(SCc1cc(Cl)c2c(c1)OCCO2)C(=O)NC1CCCCC1. The van der Waals surface area contributed by atoms with Crippen LogP contribution in [0.15, 0.2) is 12.1 Å². The number of amides is 1. The first-order chi connectivity index (χ1) is 11.6. The summed E-state index contributed by atoms with van der Waals surface area (Å²) in [6.45, 7) is 3.03. The second kappa shape index (κ2) is 8.34. The van der Waals surface area contributed by atoms with E-state index in [1.807, 2.05) is 19.1 Å². The first-order valence-corrected chi connectivity index (χ1v) is 10.1. The summed E-state index contributed by atoms with van der Waals surface area (Å²) in [4.78, 5) is 12.3. The van der Waals surface area contributed by atoms with Gasteiger partial charge in [0.25, 0.3) is 0 Å². The van der Waals surface area contributed by atoms with E-state index in [-0.39, 0.29) is 11.2 Å². The molecule has 0 saturated heterocycles. The Morgan fingerprint density at radius 3 is 2.83 bits per heavy atom. The van der Waals surface area contributed by atoms with E-state index in [0.717, 1.165) is 24.2 Å². The molecule has 6 heteroatoms. The third kappa shape index (κ3) is 4.51. The highest BCUT2D eigenvalue weighted by Gasteiger charge is 2.21. The standard InChI is InChI=1S/C18H24ClNO3S/c1-12(18(21)20-14-5-3-2-4-6-14)24-11-13-9-15(19)17-16(10-13)22-7-8-23-17/h9-10,12,14H,2-8,11H2,1H3,(H,20,21). The highest BCUT2D eigenvalue weighted by molar-refractivity contribution is 7.99.